The normalized spacial score (nSPS) is 14.6. The second-order valence-corrected chi connectivity index (χ2v) is 5.41. The van der Waals surface area contributed by atoms with Gasteiger partial charge >= 0.3 is 0 Å². The maximum absolute atomic E-state index is 13.6. The number of aliphatic hydroxyl groups is 1. The highest BCUT2D eigenvalue weighted by Gasteiger charge is 2.10. The van der Waals surface area contributed by atoms with Crippen molar-refractivity contribution in [3.8, 4) is 5.75 Å². The third-order valence-corrected chi connectivity index (χ3v) is 2.83. The Morgan fingerprint density at radius 2 is 1.89 bits per heavy atom. The van der Waals surface area contributed by atoms with Crippen molar-refractivity contribution in [2.24, 2.45) is 11.8 Å². The molecule has 0 fully saturated rings. The van der Waals surface area contributed by atoms with Gasteiger partial charge in [-0.1, -0.05) is 20.8 Å². The van der Waals surface area contributed by atoms with E-state index >= 15 is 0 Å². The fraction of sp³-hybridized carbons (Fsp3) is 0.600. The second-order valence-electron chi connectivity index (χ2n) is 5.41. The Hall–Kier alpha value is -1.09. The summed E-state index contributed by atoms with van der Waals surface area (Å²) in [4.78, 5) is 0. The molecular weight excluding hydrogens is 231 g/mol. The SMILES string of the molecule is CC(C)CC(C)COc1ccc([C@@H](C)O)c(F)c1. The van der Waals surface area contributed by atoms with Gasteiger partial charge in [-0.15, -0.1) is 0 Å². The lowest BCUT2D eigenvalue weighted by atomic mass is 10.00. The minimum absolute atomic E-state index is 0.303. The Morgan fingerprint density at radius 3 is 2.39 bits per heavy atom. The van der Waals surface area contributed by atoms with Gasteiger partial charge in [0.2, 0.25) is 0 Å². The van der Waals surface area contributed by atoms with Crippen LogP contribution in [0.5, 0.6) is 5.75 Å². The lowest BCUT2D eigenvalue weighted by Crippen LogP contribution is -2.11. The van der Waals surface area contributed by atoms with Crippen LogP contribution >= 0.6 is 0 Å². The van der Waals surface area contributed by atoms with Crippen molar-refractivity contribution in [2.75, 3.05) is 6.61 Å². The zero-order valence-electron chi connectivity index (χ0n) is 11.6. The highest BCUT2D eigenvalue weighted by Crippen LogP contribution is 2.22. The fourth-order valence-electron chi connectivity index (χ4n) is 2.05. The number of hydrogen-bond acceptors (Lipinski definition) is 2. The predicted molar refractivity (Wildman–Crippen MR) is 71.1 cm³/mol. The summed E-state index contributed by atoms with van der Waals surface area (Å²) in [5.74, 6) is 1.19. The van der Waals surface area contributed by atoms with Crippen LogP contribution in [-0.2, 0) is 0 Å². The zero-order valence-corrected chi connectivity index (χ0v) is 11.6. The van der Waals surface area contributed by atoms with Crippen LogP contribution in [0.25, 0.3) is 0 Å². The van der Waals surface area contributed by atoms with Crippen LogP contribution in [0.4, 0.5) is 4.39 Å². The highest BCUT2D eigenvalue weighted by molar-refractivity contribution is 5.30. The summed E-state index contributed by atoms with van der Waals surface area (Å²) in [6.45, 7) is 8.61. The van der Waals surface area contributed by atoms with Gasteiger partial charge in [0, 0.05) is 11.6 Å². The van der Waals surface area contributed by atoms with Gasteiger partial charge in [-0.25, -0.2) is 4.39 Å². The molecule has 18 heavy (non-hydrogen) atoms. The Labute approximate surface area is 109 Å². The minimum Gasteiger partial charge on any atom is -0.493 e. The van der Waals surface area contributed by atoms with Gasteiger partial charge in [0.25, 0.3) is 0 Å². The lowest BCUT2D eigenvalue weighted by Gasteiger charge is -2.15. The summed E-state index contributed by atoms with van der Waals surface area (Å²) in [5.41, 5.74) is 0.303. The van der Waals surface area contributed by atoms with E-state index in [1.165, 1.54) is 6.07 Å². The summed E-state index contributed by atoms with van der Waals surface area (Å²) in [6, 6.07) is 4.61. The molecule has 0 heterocycles. The molecule has 0 saturated heterocycles. The van der Waals surface area contributed by atoms with E-state index in [0.29, 0.717) is 29.8 Å². The minimum atomic E-state index is -0.793. The van der Waals surface area contributed by atoms with E-state index in [0.717, 1.165) is 6.42 Å². The van der Waals surface area contributed by atoms with E-state index in [1.54, 1.807) is 19.1 Å². The first-order chi connectivity index (χ1) is 8.40. The van der Waals surface area contributed by atoms with E-state index in [1.807, 2.05) is 0 Å². The van der Waals surface area contributed by atoms with Gasteiger partial charge < -0.3 is 9.84 Å². The number of rotatable bonds is 6. The summed E-state index contributed by atoms with van der Waals surface area (Å²) in [5, 5.41) is 9.33. The van der Waals surface area contributed by atoms with E-state index in [2.05, 4.69) is 20.8 Å². The van der Waals surface area contributed by atoms with Gasteiger partial charge in [0.1, 0.15) is 11.6 Å². The van der Waals surface area contributed by atoms with Crippen LogP contribution in [0.2, 0.25) is 0 Å². The summed E-state index contributed by atoms with van der Waals surface area (Å²) in [7, 11) is 0. The third-order valence-electron chi connectivity index (χ3n) is 2.83. The zero-order chi connectivity index (χ0) is 13.7. The molecule has 2 atom stereocenters. The molecule has 0 saturated carbocycles. The molecule has 3 heteroatoms. The van der Waals surface area contributed by atoms with Crippen LogP contribution in [0, 0.1) is 17.7 Å². The van der Waals surface area contributed by atoms with Gasteiger partial charge in [0.05, 0.1) is 12.7 Å². The molecule has 0 aliphatic heterocycles. The molecule has 1 aromatic rings. The molecule has 102 valence electrons. The lowest BCUT2D eigenvalue weighted by molar-refractivity contribution is 0.193. The van der Waals surface area contributed by atoms with Crippen LogP contribution in [0.15, 0.2) is 18.2 Å². The number of benzene rings is 1. The fourth-order valence-corrected chi connectivity index (χ4v) is 2.05. The second kappa shape index (κ2) is 6.74. The summed E-state index contributed by atoms with van der Waals surface area (Å²) >= 11 is 0. The molecule has 0 bridgehead atoms. The van der Waals surface area contributed by atoms with E-state index in [9.17, 15) is 9.50 Å². The Kier molecular flexibility index (Phi) is 5.60. The number of halogens is 1. The van der Waals surface area contributed by atoms with Gasteiger partial charge in [0.15, 0.2) is 0 Å². The molecule has 1 unspecified atom stereocenters. The van der Waals surface area contributed by atoms with Crippen molar-refractivity contribution in [1.82, 2.24) is 0 Å². The van der Waals surface area contributed by atoms with Crippen molar-refractivity contribution in [3.63, 3.8) is 0 Å². The molecule has 0 aliphatic carbocycles. The Balaban J connectivity index is 2.56. The maximum atomic E-state index is 13.6. The monoisotopic (exact) mass is 254 g/mol. The van der Waals surface area contributed by atoms with Crippen molar-refractivity contribution >= 4 is 0 Å². The molecule has 1 rings (SSSR count). The molecule has 0 spiro atoms. The molecule has 0 aliphatic rings. The smallest absolute Gasteiger partial charge is 0.132 e. The first-order valence-corrected chi connectivity index (χ1v) is 6.50. The van der Waals surface area contributed by atoms with E-state index in [4.69, 9.17) is 4.74 Å². The molecule has 1 N–H and O–H groups in total. The summed E-state index contributed by atoms with van der Waals surface area (Å²) < 4.78 is 19.2. The average molecular weight is 254 g/mol. The molecule has 1 aromatic carbocycles. The molecule has 0 radical (unpaired) electrons. The average Bonchev–Trinajstić information content (AvgIpc) is 2.25. The molecular formula is C15H23FO2. The molecule has 2 nitrogen and oxygen atoms in total. The molecule has 0 aromatic heterocycles. The van der Waals surface area contributed by atoms with Gasteiger partial charge in [-0.05, 0) is 37.3 Å². The number of aliphatic hydroxyl groups excluding tert-OH is 1. The van der Waals surface area contributed by atoms with Crippen LogP contribution < -0.4 is 4.74 Å². The van der Waals surface area contributed by atoms with Gasteiger partial charge in [-0.3, -0.25) is 0 Å². The van der Waals surface area contributed by atoms with Crippen molar-refractivity contribution in [2.45, 2.75) is 40.2 Å². The number of ether oxygens (including phenoxy) is 1. The van der Waals surface area contributed by atoms with Crippen LogP contribution in [0.1, 0.15) is 45.8 Å². The predicted octanol–water partition coefficient (Wildman–Crippen LogP) is 3.94. The topological polar surface area (TPSA) is 29.5 Å². The first-order valence-electron chi connectivity index (χ1n) is 6.50. The Bertz CT molecular complexity index is 375. The third kappa shape index (κ3) is 4.65. The number of hydrogen-bond donors (Lipinski definition) is 1. The van der Waals surface area contributed by atoms with Crippen molar-refractivity contribution < 1.29 is 14.2 Å². The standard InChI is InChI=1S/C15H23FO2/c1-10(2)7-11(3)9-18-13-5-6-14(12(4)17)15(16)8-13/h5-6,8,10-12,17H,7,9H2,1-4H3/t11?,12-/m1/s1. The van der Waals surface area contributed by atoms with Crippen molar-refractivity contribution in [3.05, 3.63) is 29.6 Å². The highest BCUT2D eigenvalue weighted by atomic mass is 19.1. The van der Waals surface area contributed by atoms with E-state index < -0.39 is 11.9 Å². The van der Waals surface area contributed by atoms with E-state index in [-0.39, 0.29) is 0 Å². The van der Waals surface area contributed by atoms with Crippen LogP contribution in [0.3, 0.4) is 0 Å². The Morgan fingerprint density at radius 1 is 1.22 bits per heavy atom. The molecule has 0 amide bonds. The largest absolute Gasteiger partial charge is 0.493 e. The van der Waals surface area contributed by atoms with Crippen molar-refractivity contribution in [1.29, 1.82) is 0 Å². The summed E-state index contributed by atoms with van der Waals surface area (Å²) in [6.07, 6.45) is 0.299. The first kappa shape index (κ1) is 15.0. The van der Waals surface area contributed by atoms with Crippen LogP contribution in [-0.4, -0.2) is 11.7 Å². The quantitative estimate of drug-likeness (QED) is 0.833. The van der Waals surface area contributed by atoms with Gasteiger partial charge in [-0.2, -0.15) is 0 Å². The maximum Gasteiger partial charge on any atom is 0.132 e.